The van der Waals surface area contributed by atoms with Gasteiger partial charge in [0, 0.05) is 11.7 Å². The van der Waals surface area contributed by atoms with E-state index < -0.39 is 5.97 Å². The quantitative estimate of drug-likeness (QED) is 0.543. The number of hydrogen-bond acceptors (Lipinski definition) is 6. The molecule has 110 valence electrons. The van der Waals surface area contributed by atoms with Crippen molar-refractivity contribution in [1.82, 2.24) is 20.2 Å². The zero-order valence-corrected chi connectivity index (χ0v) is 12.6. The summed E-state index contributed by atoms with van der Waals surface area (Å²) in [6.45, 7) is -0.351. The predicted molar refractivity (Wildman–Crippen MR) is 84.7 cm³/mol. The van der Waals surface area contributed by atoms with Crippen LogP contribution in [0.3, 0.4) is 0 Å². The lowest BCUT2D eigenvalue weighted by atomic mass is 10.0. The van der Waals surface area contributed by atoms with E-state index in [0.29, 0.717) is 10.7 Å². The first-order valence-electron chi connectivity index (χ1n) is 6.06. The SMILES string of the molecule is O=C(O)Cn1nnc(NC(=S)[C@@H](CS)c2ccccc2)n1. The van der Waals surface area contributed by atoms with Crippen LogP contribution in [0, 0.1) is 0 Å². The summed E-state index contributed by atoms with van der Waals surface area (Å²) in [5.41, 5.74) is 1.03. The van der Waals surface area contributed by atoms with E-state index in [9.17, 15) is 4.79 Å². The van der Waals surface area contributed by atoms with Gasteiger partial charge in [-0.1, -0.05) is 47.6 Å². The maximum atomic E-state index is 10.6. The van der Waals surface area contributed by atoms with Crippen LogP contribution in [0.2, 0.25) is 0 Å². The number of carbonyl (C=O) groups is 1. The van der Waals surface area contributed by atoms with Gasteiger partial charge in [0.25, 0.3) is 5.95 Å². The molecule has 0 radical (unpaired) electrons. The first-order chi connectivity index (χ1) is 10.1. The summed E-state index contributed by atoms with van der Waals surface area (Å²) in [5, 5.41) is 22.7. The molecule has 9 heteroatoms. The van der Waals surface area contributed by atoms with E-state index in [1.54, 1.807) is 0 Å². The number of thiocarbonyl (C=S) groups is 1. The van der Waals surface area contributed by atoms with E-state index in [2.05, 4.69) is 33.4 Å². The van der Waals surface area contributed by atoms with E-state index in [0.717, 1.165) is 10.4 Å². The number of anilines is 1. The molecule has 0 saturated carbocycles. The number of tetrazole rings is 1. The number of thiol groups is 1. The fourth-order valence-electron chi connectivity index (χ4n) is 1.70. The molecular formula is C12H13N5O2S2. The van der Waals surface area contributed by atoms with E-state index in [-0.39, 0.29) is 18.4 Å². The minimum absolute atomic E-state index is 0.0871. The molecule has 0 bridgehead atoms. The minimum Gasteiger partial charge on any atom is -0.480 e. The lowest BCUT2D eigenvalue weighted by Gasteiger charge is -2.16. The summed E-state index contributed by atoms with van der Waals surface area (Å²) < 4.78 is 0. The van der Waals surface area contributed by atoms with Crippen LogP contribution in [0.1, 0.15) is 11.5 Å². The normalized spacial score (nSPS) is 11.9. The van der Waals surface area contributed by atoms with Crippen LogP contribution in [0.4, 0.5) is 5.95 Å². The van der Waals surface area contributed by atoms with Crippen molar-refractivity contribution in [3.63, 3.8) is 0 Å². The predicted octanol–water partition coefficient (Wildman–Crippen LogP) is 1.21. The lowest BCUT2D eigenvalue weighted by Crippen LogP contribution is -2.21. The molecule has 21 heavy (non-hydrogen) atoms. The second-order valence-corrected chi connectivity index (χ2v) is 4.98. The van der Waals surface area contributed by atoms with Crippen molar-refractivity contribution in [2.45, 2.75) is 12.5 Å². The largest absolute Gasteiger partial charge is 0.480 e. The topological polar surface area (TPSA) is 92.9 Å². The fraction of sp³-hybridized carbons (Fsp3) is 0.250. The molecule has 0 spiro atoms. The Morgan fingerprint density at radius 2 is 2.14 bits per heavy atom. The van der Waals surface area contributed by atoms with Crippen molar-refractivity contribution in [3.05, 3.63) is 35.9 Å². The van der Waals surface area contributed by atoms with Crippen LogP contribution in [0.25, 0.3) is 0 Å². The first-order valence-corrected chi connectivity index (χ1v) is 7.10. The molecule has 0 aliphatic rings. The lowest BCUT2D eigenvalue weighted by molar-refractivity contribution is -0.138. The molecule has 2 N–H and O–H groups in total. The smallest absolute Gasteiger partial charge is 0.327 e. The summed E-state index contributed by atoms with van der Waals surface area (Å²) >= 11 is 9.66. The van der Waals surface area contributed by atoms with Gasteiger partial charge in [0.1, 0.15) is 0 Å². The highest BCUT2D eigenvalue weighted by atomic mass is 32.1. The number of nitrogens with one attached hydrogen (secondary N) is 1. The Kier molecular flexibility index (Phi) is 5.23. The van der Waals surface area contributed by atoms with Crippen LogP contribution in [0.15, 0.2) is 30.3 Å². The van der Waals surface area contributed by atoms with Gasteiger partial charge in [-0.05, 0) is 10.8 Å². The Morgan fingerprint density at radius 1 is 1.43 bits per heavy atom. The molecule has 1 aromatic heterocycles. The number of hydrogen-bond donors (Lipinski definition) is 3. The monoisotopic (exact) mass is 323 g/mol. The Bertz CT molecular complexity index is 632. The number of benzene rings is 1. The van der Waals surface area contributed by atoms with E-state index in [4.69, 9.17) is 17.3 Å². The van der Waals surface area contributed by atoms with Gasteiger partial charge in [0.2, 0.25) is 0 Å². The van der Waals surface area contributed by atoms with Gasteiger partial charge in [-0.15, -0.1) is 5.10 Å². The van der Waals surface area contributed by atoms with Crippen LogP contribution in [-0.2, 0) is 11.3 Å². The molecule has 0 amide bonds. The molecule has 0 saturated heterocycles. The van der Waals surface area contributed by atoms with Gasteiger partial charge in [0.05, 0.1) is 4.99 Å². The maximum Gasteiger partial charge on any atom is 0.327 e. The highest BCUT2D eigenvalue weighted by molar-refractivity contribution is 7.81. The Morgan fingerprint density at radius 3 is 2.76 bits per heavy atom. The maximum absolute atomic E-state index is 10.6. The number of nitrogens with zero attached hydrogens (tertiary/aromatic N) is 4. The average Bonchev–Trinajstić information content (AvgIpc) is 2.87. The summed E-state index contributed by atoms with van der Waals surface area (Å²) in [6, 6.07) is 9.70. The van der Waals surface area contributed by atoms with Crippen molar-refractivity contribution in [2.75, 3.05) is 11.1 Å². The van der Waals surface area contributed by atoms with E-state index in [1.807, 2.05) is 30.3 Å². The molecule has 2 aromatic rings. The zero-order valence-electron chi connectivity index (χ0n) is 10.9. The second kappa shape index (κ2) is 7.14. The molecule has 1 heterocycles. The van der Waals surface area contributed by atoms with Crippen molar-refractivity contribution < 1.29 is 9.90 Å². The van der Waals surface area contributed by atoms with Crippen LogP contribution in [-0.4, -0.2) is 42.0 Å². The summed E-state index contributed by atoms with van der Waals surface area (Å²) in [5.74, 6) is -0.432. The third kappa shape index (κ3) is 4.23. The molecule has 7 nitrogen and oxygen atoms in total. The average molecular weight is 323 g/mol. The van der Waals surface area contributed by atoms with E-state index >= 15 is 0 Å². The van der Waals surface area contributed by atoms with Crippen LogP contribution < -0.4 is 5.32 Å². The summed E-state index contributed by atoms with van der Waals surface area (Å²) in [6.07, 6.45) is 0. The number of carboxylic acid groups (broad SMARTS) is 1. The van der Waals surface area contributed by atoms with Crippen LogP contribution in [0.5, 0.6) is 0 Å². The Labute approximate surface area is 131 Å². The van der Waals surface area contributed by atoms with Crippen molar-refractivity contribution in [2.24, 2.45) is 0 Å². The standard InChI is InChI=1S/C12H13N5O2S2/c18-10(19)6-17-15-12(14-16-17)13-11(21)9(7-20)8-4-2-1-3-5-8/h1-5,9,20H,6-7H2,(H,18,19)(H,13,15,21)/t9-/m0/s1. The molecular weight excluding hydrogens is 310 g/mol. The number of carboxylic acids is 1. The fourth-order valence-corrected chi connectivity index (χ4v) is 2.53. The third-order valence-electron chi connectivity index (χ3n) is 2.67. The van der Waals surface area contributed by atoms with Gasteiger partial charge in [-0.25, -0.2) is 0 Å². The van der Waals surface area contributed by atoms with Gasteiger partial charge >= 0.3 is 5.97 Å². The number of aromatic nitrogens is 4. The second-order valence-electron chi connectivity index (χ2n) is 4.17. The molecule has 1 atom stereocenters. The molecule has 0 fully saturated rings. The Hall–Kier alpha value is -2.00. The first kappa shape index (κ1) is 15.4. The highest BCUT2D eigenvalue weighted by Gasteiger charge is 2.17. The minimum atomic E-state index is -1.04. The van der Waals surface area contributed by atoms with Crippen molar-refractivity contribution >= 4 is 41.8 Å². The number of aliphatic carboxylic acids is 1. The Balaban J connectivity index is 2.06. The zero-order chi connectivity index (χ0) is 15.2. The van der Waals surface area contributed by atoms with Gasteiger partial charge in [0.15, 0.2) is 6.54 Å². The molecule has 1 aromatic carbocycles. The van der Waals surface area contributed by atoms with Gasteiger partial charge in [-0.3, -0.25) is 4.79 Å². The van der Waals surface area contributed by atoms with E-state index in [1.165, 1.54) is 0 Å². The summed E-state index contributed by atoms with van der Waals surface area (Å²) in [4.78, 5) is 12.0. The van der Waals surface area contributed by atoms with Gasteiger partial charge in [-0.2, -0.15) is 17.4 Å². The molecule has 0 unspecified atom stereocenters. The van der Waals surface area contributed by atoms with Crippen molar-refractivity contribution in [1.29, 1.82) is 0 Å². The number of rotatable bonds is 6. The molecule has 2 rings (SSSR count). The van der Waals surface area contributed by atoms with Crippen molar-refractivity contribution in [3.8, 4) is 0 Å². The molecule has 0 aliphatic heterocycles. The molecule has 0 aliphatic carbocycles. The van der Waals surface area contributed by atoms with Gasteiger partial charge < -0.3 is 10.4 Å². The third-order valence-corrected chi connectivity index (χ3v) is 3.42. The van der Waals surface area contributed by atoms with Crippen LogP contribution >= 0.6 is 24.8 Å². The summed E-state index contributed by atoms with van der Waals surface area (Å²) in [7, 11) is 0. The highest BCUT2D eigenvalue weighted by Crippen LogP contribution is 2.19.